The number of hydrogen-bond acceptors (Lipinski definition) is 3. The van der Waals surface area contributed by atoms with Crippen molar-refractivity contribution in [2.24, 2.45) is 0 Å². The molecule has 5 rings (SSSR count). The minimum atomic E-state index is -1.64. The molecule has 5 aromatic rings. The summed E-state index contributed by atoms with van der Waals surface area (Å²) in [5.74, 6) is -0.702. The van der Waals surface area contributed by atoms with E-state index in [0.717, 1.165) is 44.1 Å². The van der Waals surface area contributed by atoms with Gasteiger partial charge in [0.1, 0.15) is 5.58 Å². The van der Waals surface area contributed by atoms with Gasteiger partial charge < -0.3 is 4.42 Å². The molecule has 0 spiro atoms. The van der Waals surface area contributed by atoms with Gasteiger partial charge in [0, 0.05) is 29.3 Å². The van der Waals surface area contributed by atoms with Crippen molar-refractivity contribution in [3.8, 4) is 11.3 Å². The van der Waals surface area contributed by atoms with Gasteiger partial charge in [0.15, 0.2) is 0 Å². The topological polar surface area (TPSA) is 38.9 Å². The first-order chi connectivity index (χ1) is 15.0. The summed E-state index contributed by atoms with van der Waals surface area (Å²) in [6, 6.07) is 16.7. The van der Waals surface area contributed by atoms with Crippen LogP contribution in [0.2, 0.25) is 19.6 Å². The molecule has 0 saturated heterocycles. The smallest absolute Gasteiger partial charge is 0.227 e. The fourth-order valence-electron chi connectivity index (χ4n) is 4.30. The molecule has 0 aliphatic heterocycles. The average Bonchev–Trinajstić information content (AvgIpc) is 3.07. The number of pyridine rings is 2. The van der Waals surface area contributed by atoms with Gasteiger partial charge in [0.25, 0.3) is 0 Å². The first kappa shape index (κ1) is 18.8. The summed E-state index contributed by atoms with van der Waals surface area (Å²) in [4.78, 5) is 9.65. The fourth-order valence-corrected chi connectivity index (χ4v) is 5.88. The summed E-state index contributed by atoms with van der Waals surface area (Å²) in [5.41, 5.74) is 6.39. The van der Waals surface area contributed by atoms with E-state index in [0.29, 0.717) is 5.71 Å². The Kier molecular flexibility index (Phi) is 4.25. The number of furan rings is 1. The number of rotatable bonds is 3. The Balaban J connectivity index is 1.77. The third kappa shape index (κ3) is 3.35. The number of aromatic nitrogens is 2. The Hall–Kier alpha value is -2.98. The number of benzene rings is 2. The highest BCUT2D eigenvalue weighted by molar-refractivity contribution is 6.89. The molecule has 3 heterocycles. The Labute approximate surface area is 185 Å². The fraction of sp³-hybridized carbons (Fsp3) is 0.259. The third-order valence-corrected chi connectivity index (χ3v) is 7.98. The highest BCUT2D eigenvalue weighted by atomic mass is 28.3. The van der Waals surface area contributed by atoms with Crippen LogP contribution in [0.4, 0.5) is 0 Å². The Morgan fingerprint density at radius 1 is 1.00 bits per heavy atom. The van der Waals surface area contributed by atoms with E-state index in [2.05, 4.69) is 63.0 Å². The zero-order chi connectivity index (χ0) is 22.8. The van der Waals surface area contributed by atoms with Gasteiger partial charge >= 0.3 is 0 Å². The molecule has 0 unspecified atom stereocenters. The summed E-state index contributed by atoms with van der Waals surface area (Å²) in [7, 11) is -1.64. The summed E-state index contributed by atoms with van der Waals surface area (Å²) in [6.45, 7) is 12.9. The normalized spacial score (nSPS) is 13.3. The van der Waals surface area contributed by atoms with Crippen LogP contribution in [0.25, 0.3) is 44.2 Å². The first-order valence-corrected chi connectivity index (χ1v) is 14.3. The van der Waals surface area contributed by atoms with E-state index in [1.165, 1.54) is 10.8 Å². The Bertz CT molecular complexity index is 1510. The third-order valence-electron chi connectivity index (χ3n) is 5.97. The van der Waals surface area contributed by atoms with Crippen LogP contribution in [0.1, 0.15) is 32.2 Å². The highest BCUT2D eigenvalue weighted by Crippen LogP contribution is 2.36. The lowest BCUT2D eigenvalue weighted by molar-refractivity contribution is 0.657. The lowest BCUT2D eigenvalue weighted by Gasteiger charge is -2.23. The number of fused-ring (bicyclic) bond motifs is 4. The molecule has 3 aromatic heterocycles. The van der Waals surface area contributed by atoms with E-state index >= 15 is 0 Å². The highest BCUT2D eigenvalue weighted by Gasteiger charge is 2.23. The van der Waals surface area contributed by atoms with Crippen molar-refractivity contribution in [2.75, 3.05) is 0 Å². The van der Waals surface area contributed by atoms with Gasteiger partial charge in [-0.3, -0.25) is 4.98 Å². The Morgan fingerprint density at radius 3 is 2.55 bits per heavy atom. The second-order valence-corrected chi connectivity index (χ2v) is 14.7. The van der Waals surface area contributed by atoms with Crippen molar-refractivity contribution in [3.05, 3.63) is 65.9 Å². The molecule has 31 heavy (non-hydrogen) atoms. The predicted molar refractivity (Wildman–Crippen MR) is 134 cm³/mol. The molecule has 0 saturated carbocycles. The number of hydrogen-bond donors (Lipinski definition) is 0. The minimum Gasteiger partial charge on any atom is -0.437 e. The van der Waals surface area contributed by atoms with Crippen LogP contribution in [-0.2, 0) is 0 Å². The van der Waals surface area contributed by atoms with Gasteiger partial charge in [-0.25, -0.2) is 4.98 Å². The van der Waals surface area contributed by atoms with Crippen LogP contribution in [0, 0.1) is 6.92 Å². The van der Waals surface area contributed by atoms with Gasteiger partial charge in [-0.15, -0.1) is 0 Å². The SMILES string of the molecule is [2H]C(C)(C)c1cc(-c2cccc3c2oc2nc4cc(C)ccc4cc23)ncc1[Si](C)(C)C. The van der Waals surface area contributed by atoms with Gasteiger partial charge in [0.05, 0.1) is 19.3 Å². The van der Waals surface area contributed by atoms with E-state index in [1.54, 1.807) is 0 Å². The molecule has 4 heteroatoms. The van der Waals surface area contributed by atoms with Crippen molar-refractivity contribution in [3.63, 3.8) is 0 Å². The molecule has 0 atom stereocenters. The number of nitrogens with zero attached hydrogens (tertiary/aromatic N) is 2. The van der Waals surface area contributed by atoms with Crippen molar-refractivity contribution in [1.29, 1.82) is 0 Å². The van der Waals surface area contributed by atoms with Crippen LogP contribution in [0.15, 0.2) is 59.1 Å². The Morgan fingerprint density at radius 2 is 1.81 bits per heavy atom. The van der Waals surface area contributed by atoms with Crippen LogP contribution < -0.4 is 5.19 Å². The monoisotopic (exact) mass is 425 g/mol. The van der Waals surface area contributed by atoms with E-state index in [1.807, 2.05) is 32.2 Å². The molecule has 0 amide bonds. The maximum atomic E-state index is 8.76. The largest absolute Gasteiger partial charge is 0.437 e. The molecule has 0 aliphatic rings. The maximum Gasteiger partial charge on any atom is 0.227 e. The van der Waals surface area contributed by atoms with Crippen molar-refractivity contribution < 1.29 is 5.79 Å². The summed E-state index contributed by atoms with van der Waals surface area (Å²) >= 11 is 0. The lowest BCUT2D eigenvalue weighted by Crippen LogP contribution is -2.40. The lowest BCUT2D eigenvalue weighted by atomic mass is 10.00. The van der Waals surface area contributed by atoms with Gasteiger partial charge in [-0.2, -0.15) is 0 Å². The molecule has 0 radical (unpaired) electrons. The van der Waals surface area contributed by atoms with E-state index in [9.17, 15) is 0 Å². The second-order valence-electron chi connectivity index (χ2n) is 9.69. The minimum absolute atomic E-state index is 0.644. The summed E-state index contributed by atoms with van der Waals surface area (Å²) < 4.78 is 15.1. The molecule has 0 fully saturated rings. The number of aryl methyl sites for hydroxylation is 1. The zero-order valence-corrected chi connectivity index (χ0v) is 20.0. The van der Waals surface area contributed by atoms with E-state index in [-0.39, 0.29) is 0 Å². The van der Waals surface area contributed by atoms with Crippen LogP contribution in [0.3, 0.4) is 0 Å². The standard InChI is InChI=1S/C27H28N2OSi/c1-16(2)21-14-24(28-15-25(21)31(4,5)6)20-9-7-8-19-22-13-18-11-10-17(3)12-23(18)29-27(22)30-26(19)20/h7-16H,1-6H3/i16D. The second kappa shape index (κ2) is 7.03. The van der Waals surface area contributed by atoms with Crippen LogP contribution in [-0.4, -0.2) is 18.0 Å². The van der Waals surface area contributed by atoms with Crippen molar-refractivity contribution >= 4 is 46.2 Å². The molecule has 0 bridgehead atoms. The zero-order valence-electron chi connectivity index (χ0n) is 20.0. The molecule has 3 nitrogen and oxygen atoms in total. The van der Waals surface area contributed by atoms with Crippen molar-refractivity contribution in [2.45, 2.75) is 46.3 Å². The quantitative estimate of drug-likeness (QED) is 0.288. The summed E-state index contributed by atoms with van der Waals surface area (Å²) in [5, 5.41) is 4.39. The van der Waals surface area contributed by atoms with Gasteiger partial charge in [-0.05, 0) is 53.4 Å². The van der Waals surface area contributed by atoms with Crippen molar-refractivity contribution in [1.82, 2.24) is 9.97 Å². The van der Waals surface area contributed by atoms with Crippen LogP contribution >= 0.6 is 0 Å². The van der Waals surface area contributed by atoms with E-state index < -0.39 is 14.0 Å². The molecular weight excluding hydrogens is 396 g/mol. The molecule has 0 aliphatic carbocycles. The average molecular weight is 426 g/mol. The first-order valence-electron chi connectivity index (χ1n) is 11.3. The maximum absolute atomic E-state index is 8.76. The molecule has 0 N–H and O–H groups in total. The van der Waals surface area contributed by atoms with Gasteiger partial charge in [0.2, 0.25) is 5.71 Å². The number of para-hydroxylation sites is 1. The molecule has 156 valence electrons. The predicted octanol–water partition coefficient (Wildman–Crippen LogP) is 7.17. The molecule has 2 aromatic carbocycles. The van der Waals surface area contributed by atoms with Gasteiger partial charge in [-0.1, -0.05) is 57.8 Å². The summed E-state index contributed by atoms with van der Waals surface area (Å²) in [6.07, 6.45) is 1.99. The van der Waals surface area contributed by atoms with E-state index in [4.69, 9.17) is 15.8 Å². The molecular formula is C27H28N2OSi. The van der Waals surface area contributed by atoms with Crippen LogP contribution in [0.5, 0.6) is 0 Å².